The van der Waals surface area contributed by atoms with E-state index in [1.807, 2.05) is 0 Å². The number of H-pyrrole nitrogens is 1. The minimum absolute atomic E-state index is 0.647. The fraction of sp³-hybridized carbons (Fsp3) is 0.769. The van der Waals surface area contributed by atoms with Gasteiger partial charge in [0.1, 0.15) is 5.82 Å². The first kappa shape index (κ1) is 11.6. The van der Waals surface area contributed by atoms with Gasteiger partial charge in [0.2, 0.25) is 0 Å². The highest BCUT2D eigenvalue weighted by Crippen LogP contribution is 2.15. The summed E-state index contributed by atoms with van der Waals surface area (Å²) in [5.74, 6) is 1.82. The van der Waals surface area contributed by atoms with Crippen molar-refractivity contribution in [3.8, 4) is 0 Å². The Labute approximate surface area is 98.1 Å². The normalized spacial score (nSPS) is 20.9. The zero-order chi connectivity index (χ0) is 11.5. The number of nitrogens with one attached hydrogen (secondary N) is 2. The summed E-state index contributed by atoms with van der Waals surface area (Å²) < 4.78 is 0. The van der Waals surface area contributed by atoms with Crippen molar-refractivity contribution in [2.75, 3.05) is 6.54 Å². The third-order valence-corrected chi connectivity index (χ3v) is 3.24. The zero-order valence-corrected chi connectivity index (χ0v) is 10.6. The van der Waals surface area contributed by atoms with Crippen molar-refractivity contribution in [1.29, 1.82) is 0 Å². The molecule has 0 amide bonds. The van der Waals surface area contributed by atoms with Gasteiger partial charge in [0.25, 0.3) is 0 Å². The number of imidazole rings is 1. The molecule has 16 heavy (non-hydrogen) atoms. The van der Waals surface area contributed by atoms with Gasteiger partial charge in [-0.05, 0) is 32.2 Å². The van der Waals surface area contributed by atoms with Crippen LogP contribution in [0.3, 0.4) is 0 Å². The van der Waals surface area contributed by atoms with E-state index in [9.17, 15) is 0 Å². The minimum atomic E-state index is 0.647. The predicted molar refractivity (Wildman–Crippen MR) is 66.6 cm³/mol. The molecular formula is C13H23N3. The van der Waals surface area contributed by atoms with Gasteiger partial charge in [-0.1, -0.05) is 13.8 Å². The average molecular weight is 221 g/mol. The first-order valence-electron chi connectivity index (χ1n) is 6.43. The van der Waals surface area contributed by atoms with E-state index in [0.29, 0.717) is 12.0 Å². The molecule has 1 fully saturated rings. The van der Waals surface area contributed by atoms with Crippen LogP contribution in [0.4, 0.5) is 0 Å². The van der Waals surface area contributed by atoms with Crippen LogP contribution >= 0.6 is 0 Å². The van der Waals surface area contributed by atoms with Crippen LogP contribution in [0.25, 0.3) is 0 Å². The Bertz CT molecular complexity index is 335. The second-order valence-corrected chi connectivity index (χ2v) is 5.35. The predicted octanol–water partition coefficient (Wildman–Crippen LogP) is 2.21. The summed E-state index contributed by atoms with van der Waals surface area (Å²) in [6, 6.07) is 0.647. The lowest BCUT2D eigenvalue weighted by atomic mass is 10.1. The van der Waals surface area contributed by atoms with E-state index in [1.54, 1.807) is 0 Å². The van der Waals surface area contributed by atoms with Crippen molar-refractivity contribution in [2.45, 2.75) is 52.5 Å². The zero-order valence-electron chi connectivity index (χ0n) is 10.6. The van der Waals surface area contributed by atoms with Gasteiger partial charge in [0, 0.05) is 24.6 Å². The molecule has 2 N–H and O–H groups in total. The summed E-state index contributed by atoms with van der Waals surface area (Å²) in [6.07, 6.45) is 4.75. The molecule has 1 aliphatic rings. The van der Waals surface area contributed by atoms with Crippen molar-refractivity contribution in [3.05, 3.63) is 17.2 Å². The second-order valence-electron chi connectivity index (χ2n) is 5.35. The number of nitrogens with zero attached hydrogens (tertiary/aromatic N) is 1. The quantitative estimate of drug-likeness (QED) is 0.818. The van der Waals surface area contributed by atoms with Crippen molar-refractivity contribution >= 4 is 0 Å². The molecule has 0 aromatic carbocycles. The maximum atomic E-state index is 4.72. The SMILES string of the molecule is Cc1[nH]c(CC(C)C)nc1CC1CCCN1. The van der Waals surface area contributed by atoms with Crippen LogP contribution in [-0.2, 0) is 12.8 Å². The number of hydrogen-bond acceptors (Lipinski definition) is 2. The van der Waals surface area contributed by atoms with Crippen LogP contribution in [0.1, 0.15) is 43.9 Å². The highest BCUT2D eigenvalue weighted by atomic mass is 15.0. The maximum absolute atomic E-state index is 4.72. The number of aryl methyl sites for hydroxylation is 1. The van der Waals surface area contributed by atoms with E-state index in [-0.39, 0.29) is 0 Å². The Morgan fingerprint density at radius 3 is 2.88 bits per heavy atom. The van der Waals surface area contributed by atoms with Crippen molar-refractivity contribution < 1.29 is 0 Å². The molecule has 3 heteroatoms. The molecule has 2 rings (SSSR count). The first-order valence-corrected chi connectivity index (χ1v) is 6.43. The summed E-state index contributed by atoms with van der Waals surface area (Å²) in [5, 5.41) is 3.53. The Morgan fingerprint density at radius 1 is 1.44 bits per heavy atom. The van der Waals surface area contributed by atoms with E-state index in [4.69, 9.17) is 4.98 Å². The molecule has 0 saturated carbocycles. The minimum Gasteiger partial charge on any atom is -0.346 e. The fourth-order valence-corrected chi connectivity index (χ4v) is 2.41. The topological polar surface area (TPSA) is 40.7 Å². The van der Waals surface area contributed by atoms with Gasteiger partial charge < -0.3 is 10.3 Å². The number of hydrogen-bond donors (Lipinski definition) is 2. The van der Waals surface area contributed by atoms with Gasteiger partial charge in [0.05, 0.1) is 5.69 Å². The summed E-state index contributed by atoms with van der Waals surface area (Å²) in [6.45, 7) is 7.78. The first-order chi connectivity index (χ1) is 7.65. The van der Waals surface area contributed by atoms with Gasteiger partial charge in [-0.25, -0.2) is 4.98 Å². The lowest BCUT2D eigenvalue weighted by Gasteiger charge is -2.07. The van der Waals surface area contributed by atoms with E-state index >= 15 is 0 Å². The smallest absolute Gasteiger partial charge is 0.106 e. The third kappa shape index (κ3) is 2.85. The molecule has 3 nitrogen and oxygen atoms in total. The molecule has 1 saturated heterocycles. The van der Waals surface area contributed by atoms with Crippen molar-refractivity contribution in [2.24, 2.45) is 5.92 Å². The van der Waals surface area contributed by atoms with Gasteiger partial charge in [-0.3, -0.25) is 0 Å². The third-order valence-electron chi connectivity index (χ3n) is 3.24. The van der Waals surface area contributed by atoms with Gasteiger partial charge >= 0.3 is 0 Å². The van der Waals surface area contributed by atoms with E-state index < -0.39 is 0 Å². The number of aromatic nitrogens is 2. The molecule has 1 aromatic heterocycles. The maximum Gasteiger partial charge on any atom is 0.106 e. The van der Waals surface area contributed by atoms with Crippen LogP contribution in [-0.4, -0.2) is 22.6 Å². The molecule has 2 heterocycles. The molecule has 0 radical (unpaired) electrons. The Kier molecular flexibility index (Phi) is 3.64. The van der Waals surface area contributed by atoms with Crippen LogP contribution in [0.2, 0.25) is 0 Å². The number of aromatic amines is 1. The second kappa shape index (κ2) is 5.00. The summed E-state index contributed by atoms with van der Waals surface area (Å²) in [5.41, 5.74) is 2.51. The monoisotopic (exact) mass is 221 g/mol. The summed E-state index contributed by atoms with van der Waals surface area (Å²) >= 11 is 0. The van der Waals surface area contributed by atoms with E-state index in [0.717, 1.165) is 18.7 Å². The van der Waals surface area contributed by atoms with Gasteiger partial charge in [0.15, 0.2) is 0 Å². The van der Waals surface area contributed by atoms with Crippen molar-refractivity contribution in [3.63, 3.8) is 0 Å². The molecule has 1 aromatic rings. The molecule has 0 bridgehead atoms. The Hall–Kier alpha value is -0.830. The molecule has 0 aliphatic carbocycles. The fourth-order valence-electron chi connectivity index (χ4n) is 2.41. The van der Waals surface area contributed by atoms with E-state index in [2.05, 4.69) is 31.1 Å². The molecule has 1 aliphatic heterocycles. The number of rotatable bonds is 4. The van der Waals surface area contributed by atoms with Crippen LogP contribution in [0.15, 0.2) is 0 Å². The highest BCUT2D eigenvalue weighted by molar-refractivity contribution is 5.15. The lowest BCUT2D eigenvalue weighted by molar-refractivity contribution is 0.591. The van der Waals surface area contributed by atoms with E-state index in [1.165, 1.54) is 30.8 Å². The lowest BCUT2D eigenvalue weighted by Crippen LogP contribution is -2.24. The van der Waals surface area contributed by atoms with Crippen LogP contribution in [0.5, 0.6) is 0 Å². The molecule has 1 atom stereocenters. The molecular weight excluding hydrogens is 198 g/mol. The van der Waals surface area contributed by atoms with Gasteiger partial charge in [-0.15, -0.1) is 0 Å². The Morgan fingerprint density at radius 2 is 2.25 bits per heavy atom. The summed E-state index contributed by atoms with van der Waals surface area (Å²) in [4.78, 5) is 8.13. The van der Waals surface area contributed by atoms with Gasteiger partial charge in [-0.2, -0.15) is 0 Å². The molecule has 1 unspecified atom stereocenters. The largest absolute Gasteiger partial charge is 0.346 e. The van der Waals surface area contributed by atoms with Crippen LogP contribution in [0, 0.1) is 12.8 Å². The highest BCUT2D eigenvalue weighted by Gasteiger charge is 2.17. The average Bonchev–Trinajstić information content (AvgIpc) is 2.77. The standard InChI is InChI=1S/C13H23N3/c1-9(2)7-13-15-10(3)12(16-13)8-11-5-4-6-14-11/h9,11,14H,4-8H2,1-3H3,(H,15,16). The summed E-state index contributed by atoms with van der Waals surface area (Å²) in [7, 11) is 0. The molecule has 0 spiro atoms. The Balaban J connectivity index is 2.00. The molecule has 90 valence electrons. The van der Waals surface area contributed by atoms with Crippen molar-refractivity contribution in [1.82, 2.24) is 15.3 Å². The van der Waals surface area contributed by atoms with Crippen LogP contribution < -0.4 is 5.32 Å².